The van der Waals surface area contributed by atoms with Gasteiger partial charge in [0.2, 0.25) is 5.82 Å². The van der Waals surface area contributed by atoms with Crippen molar-refractivity contribution in [3.05, 3.63) is 34.3 Å². The first kappa shape index (κ1) is 15.6. The number of aromatic nitrogens is 2. The smallest absolute Gasteiger partial charge is 0.370 e. The van der Waals surface area contributed by atoms with Crippen LogP contribution in [0.4, 0.5) is 24.8 Å². The standard InChI is InChI=1S/C13H15F3N4S/c1-3-17-10-7-11(19-12(18-10)13(14,15)16)20(2)8-9-5-4-6-21-9/h4-7H,3,8H2,1-2H3,(H,17,18,19). The second-order valence-corrected chi connectivity index (χ2v) is 5.43. The Morgan fingerprint density at radius 2 is 2.10 bits per heavy atom. The molecule has 0 atom stereocenters. The molecule has 0 aliphatic rings. The topological polar surface area (TPSA) is 41.0 Å². The Labute approximate surface area is 124 Å². The van der Waals surface area contributed by atoms with Gasteiger partial charge in [0.15, 0.2) is 0 Å². The first-order valence-electron chi connectivity index (χ1n) is 6.34. The predicted molar refractivity (Wildman–Crippen MR) is 77.6 cm³/mol. The van der Waals surface area contributed by atoms with E-state index >= 15 is 0 Å². The fraction of sp³-hybridized carbons (Fsp3) is 0.385. The normalized spacial score (nSPS) is 11.5. The maximum absolute atomic E-state index is 12.9. The van der Waals surface area contributed by atoms with Crippen LogP contribution >= 0.6 is 11.3 Å². The molecule has 2 heterocycles. The van der Waals surface area contributed by atoms with E-state index in [0.29, 0.717) is 13.1 Å². The van der Waals surface area contributed by atoms with Gasteiger partial charge in [0.05, 0.1) is 6.54 Å². The Balaban J connectivity index is 2.30. The zero-order chi connectivity index (χ0) is 15.5. The van der Waals surface area contributed by atoms with Crippen molar-refractivity contribution in [3.8, 4) is 0 Å². The maximum atomic E-state index is 12.9. The lowest BCUT2D eigenvalue weighted by molar-refractivity contribution is -0.144. The van der Waals surface area contributed by atoms with Crippen molar-refractivity contribution in [3.63, 3.8) is 0 Å². The first-order valence-corrected chi connectivity index (χ1v) is 7.21. The van der Waals surface area contributed by atoms with Crippen molar-refractivity contribution >= 4 is 23.0 Å². The van der Waals surface area contributed by atoms with E-state index in [4.69, 9.17) is 0 Å². The summed E-state index contributed by atoms with van der Waals surface area (Å²) < 4.78 is 38.6. The number of alkyl halides is 3. The molecule has 0 aliphatic heterocycles. The van der Waals surface area contributed by atoms with E-state index < -0.39 is 12.0 Å². The first-order chi connectivity index (χ1) is 9.90. The highest BCUT2D eigenvalue weighted by Crippen LogP contribution is 2.29. The summed E-state index contributed by atoms with van der Waals surface area (Å²) in [5.41, 5.74) is 0. The number of anilines is 2. The Bertz CT molecular complexity index is 584. The zero-order valence-corrected chi connectivity index (χ0v) is 12.4. The molecule has 0 aromatic carbocycles. The van der Waals surface area contributed by atoms with Crippen LogP contribution < -0.4 is 10.2 Å². The molecule has 1 N–H and O–H groups in total. The molecule has 0 aliphatic carbocycles. The van der Waals surface area contributed by atoms with Gasteiger partial charge in [-0.25, -0.2) is 9.97 Å². The summed E-state index contributed by atoms with van der Waals surface area (Å²) in [6.07, 6.45) is -4.57. The molecular formula is C13H15F3N4S. The average Bonchev–Trinajstić information content (AvgIpc) is 2.90. The molecule has 0 amide bonds. The third-order valence-electron chi connectivity index (χ3n) is 2.69. The third kappa shape index (κ3) is 4.07. The molecule has 0 saturated carbocycles. The highest BCUT2D eigenvalue weighted by atomic mass is 32.1. The van der Waals surface area contributed by atoms with E-state index in [-0.39, 0.29) is 11.6 Å². The van der Waals surface area contributed by atoms with Crippen molar-refractivity contribution < 1.29 is 13.2 Å². The van der Waals surface area contributed by atoms with E-state index in [1.807, 2.05) is 17.5 Å². The summed E-state index contributed by atoms with van der Waals surface area (Å²) in [5, 5.41) is 4.72. The average molecular weight is 316 g/mol. The summed E-state index contributed by atoms with van der Waals surface area (Å²) in [6.45, 7) is 2.78. The second-order valence-electron chi connectivity index (χ2n) is 4.40. The largest absolute Gasteiger partial charge is 0.451 e. The molecule has 2 rings (SSSR count). The van der Waals surface area contributed by atoms with Gasteiger partial charge in [-0.2, -0.15) is 13.2 Å². The third-order valence-corrected chi connectivity index (χ3v) is 3.55. The lowest BCUT2D eigenvalue weighted by Gasteiger charge is -2.19. The zero-order valence-electron chi connectivity index (χ0n) is 11.6. The van der Waals surface area contributed by atoms with Crippen LogP contribution in [0.25, 0.3) is 0 Å². The molecule has 2 aromatic rings. The molecule has 4 nitrogen and oxygen atoms in total. The summed E-state index contributed by atoms with van der Waals surface area (Å²) in [4.78, 5) is 9.85. The van der Waals surface area contributed by atoms with Gasteiger partial charge < -0.3 is 10.2 Å². The van der Waals surface area contributed by atoms with Gasteiger partial charge in [-0.05, 0) is 18.4 Å². The van der Waals surface area contributed by atoms with Gasteiger partial charge in [0.1, 0.15) is 11.6 Å². The molecule has 2 aromatic heterocycles. The molecule has 8 heteroatoms. The minimum absolute atomic E-state index is 0.174. The molecule has 0 unspecified atom stereocenters. The number of rotatable bonds is 5. The number of hydrogen-bond acceptors (Lipinski definition) is 5. The van der Waals surface area contributed by atoms with Crippen molar-refractivity contribution in [1.82, 2.24) is 9.97 Å². The monoisotopic (exact) mass is 316 g/mol. The van der Waals surface area contributed by atoms with Crippen LogP contribution in [0.3, 0.4) is 0 Å². The van der Waals surface area contributed by atoms with Crippen molar-refractivity contribution in [1.29, 1.82) is 0 Å². The summed E-state index contributed by atoms with van der Waals surface area (Å²) in [5.74, 6) is -0.719. The predicted octanol–water partition coefficient (Wildman–Crippen LogP) is 3.63. The van der Waals surface area contributed by atoms with Crippen molar-refractivity contribution in [2.75, 3.05) is 23.8 Å². The minimum Gasteiger partial charge on any atom is -0.370 e. The molecule has 21 heavy (non-hydrogen) atoms. The molecule has 0 spiro atoms. The van der Waals surface area contributed by atoms with Gasteiger partial charge in [0.25, 0.3) is 0 Å². The van der Waals surface area contributed by atoms with Gasteiger partial charge in [-0.3, -0.25) is 0 Å². The van der Waals surface area contributed by atoms with Crippen molar-refractivity contribution in [2.45, 2.75) is 19.6 Å². The van der Waals surface area contributed by atoms with Crippen LogP contribution in [0, 0.1) is 0 Å². The van der Waals surface area contributed by atoms with Gasteiger partial charge in [-0.1, -0.05) is 6.07 Å². The lowest BCUT2D eigenvalue weighted by Crippen LogP contribution is -2.21. The molecule has 114 valence electrons. The Morgan fingerprint density at radius 3 is 2.67 bits per heavy atom. The van der Waals surface area contributed by atoms with Crippen LogP contribution in [-0.2, 0) is 12.7 Å². The van der Waals surface area contributed by atoms with E-state index in [1.165, 1.54) is 6.07 Å². The molecule has 0 bridgehead atoms. The highest BCUT2D eigenvalue weighted by Gasteiger charge is 2.35. The van der Waals surface area contributed by atoms with Crippen LogP contribution in [0.15, 0.2) is 23.6 Å². The van der Waals surface area contributed by atoms with Crippen molar-refractivity contribution in [2.24, 2.45) is 0 Å². The molecule has 0 fully saturated rings. The Morgan fingerprint density at radius 1 is 1.33 bits per heavy atom. The van der Waals surface area contributed by atoms with E-state index in [9.17, 15) is 13.2 Å². The summed E-state index contributed by atoms with van der Waals surface area (Å²) in [7, 11) is 1.71. The highest BCUT2D eigenvalue weighted by molar-refractivity contribution is 7.09. The van der Waals surface area contributed by atoms with E-state index in [1.54, 1.807) is 30.2 Å². The number of thiophene rings is 1. The lowest BCUT2D eigenvalue weighted by atomic mass is 10.4. The van der Waals surface area contributed by atoms with Crippen LogP contribution in [0.1, 0.15) is 17.6 Å². The van der Waals surface area contributed by atoms with E-state index in [0.717, 1.165) is 4.88 Å². The quantitative estimate of drug-likeness (QED) is 0.914. The molecule has 0 saturated heterocycles. The SMILES string of the molecule is CCNc1cc(N(C)Cc2cccs2)nc(C(F)(F)F)n1. The molecular weight excluding hydrogens is 301 g/mol. The van der Waals surface area contributed by atoms with Crippen LogP contribution in [0.5, 0.6) is 0 Å². The number of halogens is 3. The number of nitrogens with zero attached hydrogens (tertiary/aromatic N) is 3. The van der Waals surface area contributed by atoms with E-state index in [2.05, 4.69) is 15.3 Å². The van der Waals surface area contributed by atoms with Gasteiger partial charge in [-0.15, -0.1) is 11.3 Å². The number of nitrogens with one attached hydrogen (secondary N) is 1. The number of hydrogen-bond donors (Lipinski definition) is 1. The van der Waals surface area contributed by atoms with Gasteiger partial charge >= 0.3 is 6.18 Å². The molecule has 0 radical (unpaired) electrons. The van der Waals surface area contributed by atoms with Gasteiger partial charge in [0, 0.05) is 24.5 Å². The summed E-state index contributed by atoms with van der Waals surface area (Å²) >= 11 is 1.55. The maximum Gasteiger partial charge on any atom is 0.451 e. The minimum atomic E-state index is -4.57. The van der Waals surface area contributed by atoms with Crippen LogP contribution in [0.2, 0.25) is 0 Å². The Kier molecular flexibility index (Phi) is 4.66. The fourth-order valence-corrected chi connectivity index (χ4v) is 2.50. The Hall–Kier alpha value is -1.83. The fourth-order valence-electron chi connectivity index (χ4n) is 1.75. The second kappa shape index (κ2) is 6.30. The summed E-state index contributed by atoms with van der Waals surface area (Å²) in [6, 6.07) is 5.35. The van der Waals surface area contributed by atoms with Crippen LogP contribution in [-0.4, -0.2) is 23.6 Å².